The van der Waals surface area contributed by atoms with Gasteiger partial charge in [0.1, 0.15) is 0 Å². The van der Waals surface area contributed by atoms with Crippen molar-refractivity contribution in [2.45, 2.75) is 18.0 Å². The summed E-state index contributed by atoms with van der Waals surface area (Å²) in [5.41, 5.74) is 0.369. The Hall–Kier alpha value is -0.630. The first kappa shape index (κ1) is 15.8. The Labute approximate surface area is 131 Å². The third kappa shape index (κ3) is 3.72. The monoisotopic (exact) mass is 351 g/mol. The van der Waals surface area contributed by atoms with Crippen molar-refractivity contribution < 1.29 is 13.5 Å². The van der Waals surface area contributed by atoms with Gasteiger partial charge in [0.2, 0.25) is 10.0 Å². The third-order valence-corrected chi connectivity index (χ3v) is 5.56. The summed E-state index contributed by atoms with van der Waals surface area (Å²) in [4.78, 5) is 0.878. The molecule has 0 spiro atoms. The van der Waals surface area contributed by atoms with Gasteiger partial charge in [-0.2, -0.15) is 0 Å². The number of halogens is 2. The standard InChI is InChI=1S/C12H11Cl2NO3S2/c13-11-3-2-10(5-8(11)7-16)20(17,18)15-6-9-1-4-12(14)19-9/h1-5,15-16H,6-7H2. The van der Waals surface area contributed by atoms with E-state index in [-0.39, 0.29) is 18.0 Å². The Balaban J connectivity index is 2.17. The topological polar surface area (TPSA) is 66.4 Å². The molecule has 0 fully saturated rings. The highest BCUT2D eigenvalue weighted by molar-refractivity contribution is 7.89. The number of hydrogen-bond acceptors (Lipinski definition) is 4. The van der Waals surface area contributed by atoms with Gasteiger partial charge >= 0.3 is 0 Å². The highest BCUT2D eigenvalue weighted by atomic mass is 35.5. The number of thiophene rings is 1. The van der Waals surface area contributed by atoms with Crippen molar-refractivity contribution in [3.8, 4) is 0 Å². The largest absolute Gasteiger partial charge is 0.392 e. The van der Waals surface area contributed by atoms with E-state index in [2.05, 4.69) is 4.72 Å². The molecule has 2 aromatic rings. The van der Waals surface area contributed by atoms with Crippen LogP contribution in [0.1, 0.15) is 10.4 Å². The molecule has 1 aromatic carbocycles. The number of rotatable bonds is 5. The number of sulfonamides is 1. The highest BCUT2D eigenvalue weighted by Crippen LogP contribution is 2.23. The number of aliphatic hydroxyl groups excluding tert-OH is 1. The molecule has 0 radical (unpaired) electrons. The van der Waals surface area contributed by atoms with Gasteiger partial charge in [-0.05, 0) is 35.9 Å². The quantitative estimate of drug-likeness (QED) is 0.869. The first-order valence-corrected chi connectivity index (χ1v) is 8.61. The summed E-state index contributed by atoms with van der Waals surface area (Å²) in [7, 11) is -3.65. The minimum Gasteiger partial charge on any atom is -0.392 e. The lowest BCUT2D eigenvalue weighted by Crippen LogP contribution is -2.22. The third-order valence-electron chi connectivity index (χ3n) is 2.56. The molecule has 0 aliphatic carbocycles. The average Bonchev–Trinajstić information content (AvgIpc) is 2.83. The molecule has 2 N–H and O–H groups in total. The van der Waals surface area contributed by atoms with Crippen molar-refractivity contribution in [1.82, 2.24) is 4.72 Å². The van der Waals surface area contributed by atoms with Crippen molar-refractivity contribution >= 4 is 44.6 Å². The molecule has 2 rings (SSSR count). The molecule has 0 bridgehead atoms. The number of hydrogen-bond donors (Lipinski definition) is 2. The zero-order valence-corrected chi connectivity index (χ0v) is 13.3. The molecule has 0 atom stereocenters. The van der Waals surface area contributed by atoms with E-state index in [1.165, 1.54) is 29.5 Å². The van der Waals surface area contributed by atoms with Crippen LogP contribution in [0, 0.1) is 0 Å². The second kappa shape index (κ2) is 6.43. The van der Waals surface area contributed by atoms with E-state index in [0.29, 0.717) is 14.9 Å². The van der Waals surface area contributed by atoms with Crippen LogP contribution in [0.15, 0.2) is 35.2 Å². The van der Waals surface area contributed by atoms with Gasteiger partial charge in [0.05, 0.1) is 15.8 Å². The first-order chi connectivity index (χ1) is 9.42. The average molecular weight is 352 g/mol. The summed E-state index contributed by atoms with van der Waals surface area (Å²) < 4.78 is 27.3. The summed E-state index contributed by atoms with van der Waals surface area (Å²) in [6, 6.07) is 7.67. The summed E-state index contributed by atoms with van der Waals surface area (Å²) in [5, 5.41) is 9.44. The maximum absolute atomic E-state index is 12.1. The fourth-order valence-electron chi connectivity index (χ4n) is 1.54. The zero-order chi connectivity index (χ0) is 14.8. The molecule has 4 nitrogen and oxygen atoms in total. The second-order valence-corrected chi connectivity index (χ2v) is 7.92. The predicted molar refractivity (Wildman–Crippen MR) is 80.7 cm³/mol. The van der Waals surface area contributed by atoms with Gasteiger partial charge in [0.25, 0.3) is 0 Å². The normalized spacial score (nSPS) is 11.8. The van der Waals surface area contributed by atoms with Crippen molar-refractivity contribution in [2.75, 3.05) is 0 Å². The van der Waals surface area contributed by atoms with Gasteiger partial charge in [-0.3, -0.25) is 0 Å². The van der Waals surface area contributed by atoms with Crippen LogP contribution in [0.4, 0.5) is 0 Å². The van der Waals surface area contributed by atoms with Gasteiger partial charge < -0.3 is 5.11 Å². The first-order valence-electron chi connectivity index (χ1n) is 5.55. The van der Waals surface area contributed by atoms with Gasteiger partial charge in [-0.1, -0.05) is 23.2 Å². The van der Waals surface area contributed by atoms with Crippen LogP contribution < -0.4 is 4.72 Å². The Morgan fingerprint density at radius 1 is 1.20 bits per heavy atom. The van der Waals surface area contributed by atoms with E-state index in [1.54, 1.807) is 12.1 Å². The molecule has 0 unspecified atom stereocenters. The molecule has 0 aliphatic rings. The second-order valence-electron chi connectivity index (χ2n) is 3.94. The molecule has 0 aliphatic heterocycles. The van der Waals surface area contributed by atoms with Crippen LogP contribution >= 0.6 is 34.5 Å². The summed E-state index contributed by atoms with van der Waals surface area (Å²) in [6.07, 6.45) is 0. The van der Waals surface area contributed by atoms with E-state index in [4.69, 9.17) is 28.3 Å². The summed E-state index contributed by atoms with van der Waals surface area (Å²) in [5.74, 6) is 0. The van der Waals surface area contributed by atoms with Crippen LogP contribution in [0.2, 0.25) is 9.36 Å². The van der Waals surface area contributed by atoms with Gasteiger partial charge in [0.15, 0.2) is 0 Å². The predicted octanol–water partition coefficient (Wildman–Crippen LogP) is 3.03. The number of aliphatic hydroxyl groups is 1. The van der Waals surface area contributed by atoms with Gasteiger partial charge in [0, 0.05) is 16.4 Å². The molecule has 1 heterocycles. The number of benzene rings is 1. The molecule has 1 aromatic heterocycles. The van der Waals surface area contributed by atoms with Crippen molar-refractivity contribution in [3.05, 3.63) is 50.1 Å². The van der Waals surface area contributed by atoms with E-state index >= 15 is 0 Å². The SMILES string of the molecule is O=S(=O)(NCc1ccc(Cl)s1)c1ccc(Cl)c(CO)c1. The molecular formula is C12H11Cl2NO3S2. The zero-order valence-electron chi connectivity index (χ0n) is 10.1. The van der Waals surface area contributed by atoms with Crippen LogP contribution in [0.3, 0.4) is 0 Å². The fraction of sp³-hybridized carbons (Fsp3) is 0.167. The molecular weight excluding hydrogens is 341 g/mol. The Morgan fingerprint density at radius 2 is 1.95 bits per heavy atom. The van der Waals surface area contributed by atoms with Crippen molar-refractivity contribution in [2.24, 2.45) is 0 Å². The summed E-state index contributed by atoms with van der Waals surface area (Å²) in [6.45, 7) is -0.153. The van der Waals surface area contributed by atoms with Gasteiger partial charge in [-0.25, -0.2) is 13.1 Å². The minimum absolute atomic E-state index is 0.0635. The highest BCUT2D eigenvalue weighted by Gasteiger charge is 2.15. The molecule has 0 saturated carbocycles. The van der Waals surface area contributed by atoms with Crippen LogP contribution in [-0.4, -0.2) is 13.5 Å². The lowest BCUT2D eigenvalue weighted by atomic mass is 10.2. The van der Waals surface area contributed by atoms with E-state index in [0.717, 1.165) is 4.88 Å². The maximum atomic E-state index is 12.1. The molecule has 0 amide bonds. The van der Waals surface area contributed by atoms with Crippen molar-refractivity contribution in [3.63, 3.8) is 0 Å². The van der Waals surface area contributed by atoms with Crippen molar-refractivity contribution in [1.29, 1.82) is 0 Å². The minimum atomic E-state index is -3.65. The number of nitrogens with one attached hydrogen (secondary N) is 1. The van der Waals surface area contributed by atoms with E-state index < -0.39 is 10.0 Å². The van der Waals surface area contributed by atoms with Gasteiger partial charge in [-0.15, -0.1) is 11.3 Å². The lowest BCUT2D eigenvalue weighted by Gasteiger charge is -2.08. The maximum Gasteiger partial charge on any atom is 0.240 e. The Morgan fingerprint density at radius 3 is 2.55 bits per heavy atom. The fourth-order valence-corrected chi connectivity index (χ4v) is 3.89. The van der Waals surface area contributed by atoms with E-state index in [1.807, 2.05) is 0 Å². The molecule has 108 valence electrons. The molecule has 8 heteroatoms. The van der Waals surface area contributed by atoms with Crippen LogP contribution in [0.5, 0.6) is 0 Å². The smallest absolute Gasteiger partial charge is 0.240 e. The molecule has 20 heavy (non-hydrogen) atoms. The van der Waals surface area contributed by atoms with Crippen LogP contribution in [0.25, 0.3) is 0 Å². The summed E-state index contributed by atoms with van der Waals surface area (Å²) >= 11 is 12.9. The van der Waals surface area contributed by atoms with E-state index in [9.17, 15) is 8.42 Å². The van der Waals surface area contributed by atoms with Crippen LogP contribution in [-0.2, 0) is 23.2 Å². The Kier molecular flexibility index (Phi) is 5.06. The molecule has 0 saturated heterocycles. The Bertz CT molecular complexity index is 713. The lowest BCUT2D eigenvalue weighted by molar-refractivity contribution is 0.281.